The maximum absolute atomic E-state index is 12.1. The smallest absolute Gasteiger partial charge is 0.271 e. The molecule has 0 aliphatic heterocycles. The summed E-state index contributed by atoms with van der Waals surface area (Å²) in [4.78, 5) is 16.4. The van der Waals surface area contributed by atoms with Crippen LogP contribution in [0.2, 0.25) is 0 Å². The number of nitrogens with one attached hydrogen (secondary N) is 1. The van der Waals surface area contributed by atoms with Gasteiger partial charge in [-0.25, -0.2) is 4.98 Å². The molecule has 0 spiro atoms. The molecule has 3 rings (SSSR count). The molecule has 1 saturated carbocycles. The minimum Gasteiger partial charge on any atom is -0.472 e. The number of aromatic nitrogens is 1. The third-order valence-corrected chi connectivity index (χ3v) is 4.16. The number of hydrogen-bond donors (Lipinski definition) is 2. The van der Waals surface area contributed by atoms with E-state index in [1.165, 1.54) is 11.3 Å². The van der Waals surface area contributed by atoms with Gasteiger partial charge in [-0.15, -0.1) is 11.3 Å². The molecule has 0 saturated heterocycles. The number of hydrogen-bond acceptors (Lipinski definition) is 5. The lowest BCUT2D eigenvalue weighted by atomic mass is 10.2. The third kappa shape index (κ3) is 2.69. The Hall–Kier alpha value is -1.66. The molecule has 5 nitrogen and oxygen atoms in total. The fourth-order valence-electron chi connectivity index (χ4n) is 2.01. The number of rotatable bonds is 5. The molecule has 1 amide bonds. The van der Waals surface area contributed by atoms with Crippen molar-refractivity contribution in [2.24, 2.45) is 11.7 Å². The topological polar surface area (TPSA) is 81.1 Å². The lowest BCUT2D eigenvalue weighted by Crippen LogP contribution is -2.41. The fraction of sp³-hybridized carbons (Fsp3) is 0.385. The van der Waals surface area contributed by atoms with Crippen LogP contribution in [0.15, 0.2) is 28.4 Å². The molecule has 6 heteroatoms. The van der Waals surface area contributed by atoms with Crippen LogP contribution in [0.1, 0.15) is 23.3 Å². The summed E-state index contributed by atoms with van der Waals surface area (Å²) in [7, 11) is 0. The first kappa shape index (κ1) is 12.4. The molecule has 2 aromatic rings. The first-order valence-electron chi connectivity index (χ1n) is 6.27. The summed E-state index contributed by atoms with van der Waals surface area (Å²) in [5.74, 6) is 0.397. The number of furan rings is 1. The van der Waals surface area contributed by atoms with Crippen LogP contribution < -0.4 is 11.1 Å². The predicted molar refractivity (Wildman–Crippen MR) is 72.8 cm³/mol. The molecule has 1 unspecified atom stereocenters. The van der Waals surface area contributed by atoms with Crippen molar-refractivity contribution in [3.05, 3.63) is 29.7 Å². The zero-order valence-electron chi connectivity index (χ0n) is 10.3. The van der Waals surface area contributed by atoms with Crippen LogP contribution >= 0.6 is 11.3 Å². The molecule has 3 N–H and O–H groups in total. The fourth-order valence-corrected chi connectivity index (χ4v) is 2.79. The lowest BCUT2D eigenvalue weighted by Gasteiger charge is -2.14. The van der Waals surface area contributed by atoms with E-state index in [2.05, 4.69) is 10.3 Å². The molecule has 1 fully saturated rings. The van der Waals surface area contributed by atoms with Crippen LogP contribution in [-0.4, -0.2) is 23.5 Å². The van der Waals surface area contributed by atoms with Gasteiger partial charge in [0.05, 0.1) is 6.26 Å². The highest BCUT2D eigenvalue weighted by Gasteiger charge is 2.31. The van der Waals surface area contributed by atoms with Crippen molar-refractivity contribution in [1.29, 1.82) is 0 Å². The maximum atomic E-state index is 12.1. The van der Waals surface area contributed by atoms with Crippen molar-refractivity contribution < 1.29 is 9.21 Å². The lowest BCUT2D eigenvalue weighted by molar-refractivity contribution is 0.0929. The Balaban J connectivity index is 1.70. The van der Waals surface area contributed by atoms with E-state index in [0.29, 0.717) is 18.2 Å². The van der Waals surface area contributed by atoms with Crippen LogP contribution in [0.4, 0.5) is 0 Å². The summed E-state index contributed by atoms with van der Waals surface area (Å²) in [5, 5.41) is 5.51. The molecule has 1 atom stereocenters. The van der Waals surface area contributed by atoms with Gasteiger partial charge in [-0.2, -0.15) is 0 Å². The van der Waals surface area contributed by atoms with E-state index in [1.807, 2.05) is 6.07 Å². The molecule has 2 aromatic heterocycles. The van der Waals surface area contributed by atoms with Gasteiger partial charge in [0.1, 0.15) is 17.0 Å². The van der Waals surface area contributed by atoms with Gasteiger partial charge in [-0.3, -0.25) is 4.79 Å². The summed E-state index contributed by atoms with van der Waals surface area (Å²) in [6.07, 6.45) is 5.51. The molecule has 100 valence electrons. The van der Waals surface area contributed by atoms with E-state index in [0.717, 1.165) is 23.4 Å². The summed E-state index contributed by atoms with van der Waals surface area (Å²) in [5.41, 5.74) is 7.01. The molecule has 2 heterocycles. The largest absolute Gasteiger partial charge is 0.472 e. The van der Waals surface area contributed by atoms with Crippen molar-refractivity contribution in [2.75, 3.05) is 6.54 Å². The quantitative estimate of drug-likeness (QED) is 0.874. The van der Waals surface area contributed by atoms with Crippen molar-refractivity contribution in [3.63, 3.8) is 0 Å². The molecule has 1 aliphatic carbocycles. The highest BCUT2D eigenvalue weighted by molar-refractivity contribution is 7.13. The third-order valence-electron chi connectivity index (χ3n) is 3.27. The van der Waals surface area contributed by atoms with E-state index < -0.39 is 0 Å². The molecule has 0 aromatic carbocycles. The van der Waals surface area contributed by atoms with E-state index in [-0.39, 0.29) is 11.9 Å². The van der Waals surface area contributed by atoms with Gasteiger partial charge in [0.25, 0.3) is 5.91 Å². The predicted octanol–water partition coefficient (Wildman–Crippen LogP) is 1.87. The Morgan fingerprint density at radius 1 is 1.63 bits per heavy atom. The average Bonchev–Trinajstić information content (AvgIpc) is 2.95. The highest BCUT2D eigenvalue weighted by Crippen LogP contribution is 2.32. The van der Waals surface area contributed by atoms with Crippen LogP contribution in [0.3, 0.4) is 0 Å². The van der Waals surface area contributed by atoms with Gasteiger partial charge in [-0.05, 0) is 24.8 Å². The van der Waals surface area contributed by atoms with Gasteiger partial charge < -0.3 is 15.5 Å². The standard InChI is InChI=1S/C13H15N3O2S/c14-5-10(8-1-2-8)15-12(17)11-7-19-13(16-11)9-3-4-18-6-9/h3-4,6-8,10H,1-2,5,14H2,(H,15,17). The van der Waals surface area contributed by atoms with Crippen molar-refractivity contribution in [3.8, 4) is 10.6 Å². The molecule has 19 heavy (non-hydrogen) atoms. The van der Waals surface area contributed by atoms with Gasteiger partial charge in [0.2, 0.25) is 0 Å². The summed E-state index contributed by atoms with van der Waals surface area (Å²) >= 11 is 1.43. The zero-order valence-corrected chi connectivity index (χ0v) is 11.2. The Kier molecular flexibility index (Phi) is 3.35. The SMILES string of the molecule is NCC(NC(=O)c1csc(-c2ccoc2)n1)C1CC1. The number of thiazole rings is 1. The van der Waals surface area contributed by atoms with Crippen molar-refractivity contribution >= 4 is 17.2 Å². The second-order valence-corrected chi connectivity index (χ2v) is 5.56. The Labute approximate surface area is 114 Å². The van der Waals surface area contributed by atoms with E-state index in [1.54, 1.807) is 17.9 Å². The highest BCUT2D eigenvalue weighted by atomic mass is 32.1. The van der Waals surface area contributed by atoms with Crippen LogP contribution in [0, 0.1) is 5.92 Å². The second-order valence-electron chi connectivity index (χ2n) is 4.70. The Bertz CT molecular complexity index is 560. The molecular weight excluding hydrogens is 262 g/mol. The Morgan fingerprint density at radius 3 is 3.11 bits per heavy atom. The monoisotopic (exact) mass is 277 g/mol. The second kappa shape index (κ2) is 5.14. The number of carbonyl (C=O) groups is 1. The van der Waals surface area contributed by atoms with Gasteiger partial charge in [-0.1, -0.05) is 0 Å². The maximum Gasteiger partial charge on any atom is 0.271 e. The summed E-state index contributed by atoms with van der Waals surface area (Å²) in [6, 6.07) is 1.90. The minimum absolute atomic E-state index is 0.0755. The average molecular weight is 277 g/mol. The minimum atomic E-state index is -0.145. The first-order valence-corrected chi connectivity index (χ1v) is 7.15. The number of nitrogens with two attached hydrogens (primary N) is 1. The van der Waals surface area contributed by atoms with Gasteiger partial charge >= 0.3 is 0 Å². The van der Waals surface area contributed by atoms with E-state index in [9.17, 15) is 4.79 Å². The molecule has 0 bridgehead atoms. The number of amides is 1. The number of carbonyl (C=O) groups excluding carboxylic acids is 1. The van der Waals surface area contributed by atoms with E-state index in [4.69, 9.17) is 10.2 Å². The van der Waals surface area contributed by atoms with Crippen molar-refractivity contribution in [2.45, 2.75) is 18.9 Å². The summed E-state index contributed by atoms with van der Waals surface area (Å²) in [6.45, 7) is 0.481. The molecular formula is C13H15N3O2S. The summed E-state index contributed by atoms with van der Waals surface area (Å²) < 4.78 is 5.01. The van der Waals surface area contributed by atoms with Gasteiger partial charge in [0, 0.05) is 23.5 Å². The molecule has 1 aliphatic rings. The first-order chi connectivity index (χ1) is 9.28. The van der Waals surface area contributed by atoms with Crippen LogP contribution in [0.25, 0.3) is 10.6 Å². The van der Waals surface area contributed by atoms with Gasteiger partial charge in [0.15, 0.2) is 0 Å². The van der Waals surface area contributed by atoms with Crippen LogP contribution in [-0.2, 0) is 0 Å². The zero-order chi connectivity index (χ0) is 13.2. The normalized spacial score (nSPS) is 16.3. The Morgan fingerprint density at radius 2 is 2.47 bits per heavy atom. The number of nitrogens with zero attached hydrogens (tertiary/aromatic N) is 1. The van der Waals surface area contributed by atoms with E-state index >= 15 is 0 Å². The van der Waals surface area contributed by atoms with Crippen LogP contribution in [0.5, 0.6) is 0 Å². The molecule has 0 radical (unpaired) electrons. The van der Waals surface area contributed by atoms with Crippen molar-refractivity contribution in [1.82, 2.24) is 10.3 Å².